The van der Waals surface area contributed by atoms with Crippen molar-refractivity contribution in [2.45, 2.75) is 37.9 Å². The molecule has 12 heteroatoms. The van der Waals surface area contributed by atoms with Gasteiger partial charge in [-0.15, -0.1) is 0 Å². The largest absolute Gasteiger partial charge is 1.00 e. The van der Waals surface area contributed by atoms with E-state index in [-0.39, 0.29) is 25.1 Å². The number of halogens is 2. The molecular weight excluding hydrogens is 561 g/mol. The zero-order chi connectivity index (χ0) is 29.4. The Morgan fingerprint density at radius 2 is 1.54 bits per heavy atom. The highest BCUT2D eigenvalue weighted by Crippen LogP contribution is 2.44. The fourth-order valence-electron chi connectivity index (χ4n) is 5.33. The summed E-state index contributed by atoms with van der Waals surface area (Å²) in [6, 6.07) is 7.89. The van der Waals surface area contributed by atoms with Crippen LogP contribution in [0, 0.1) is 0 Å². The van der Waals surface area contributed by atoms with Gasteiger partial charge in [0.05, 0.1) is 68.7 Å². The third-order valence-corrected chi connectivity index (χ3v) is 7.47. The van der Waals surface area contributed by atoms with Crippen LogP contribution < -0.4 is 36.1 Å². The number of hydrogen-bond donors (Lipinski definition) is 1. The Bertz CT molecular complexity index is 1190. The van der Waals surface area contributed by atoms with Crippen LogP contribution in [0.1, 0.15) is 35.6 Å². The van der Waals surface area contributed by atoms with Gasteiger partial charge in [0.25, 0.3) is 0 Å². The molecule has 0 radical (unpaired) electrons. The van der Waals surface area contributed by atoms with Gasteiger partial charge in [-0.3, -0.25) is 4.79 Å². The van der Waals surface area contributed by atoms with Gasteiger partial charge in [0.2, 0.25) is 11.9 Å². The Morgan fingerprint density at radius 3 is 2.07 bits per heavy atom. The molecule has 0 amide bonds. The van der Waals surface area contributed by atoms with Gasteiger partial charge in [0, 0.05) is 24.8 Å². The van der Waals surface area contributed by atoms with Crippen LogP contribution in [-0.2, 0) is 27.2 Å². The minimum atomic E-state index is -2.18. The Labute approximate surface area is 246 Å². The summed E-state index contributed by atoms with van der Waals surface area (Å²) < 4.78 is 47.3. The predicted molar refractivity (Wildman–Crippen MR) is 144 cm³/mol. The summed E-state index contributed by atoms with van der Waals surface area (Å²) in [5, 5.41) is 8.71. The number of hydrogen-bond acceptors (Lipinski definition) is 8. The maximum Gasteiger partial charge on any atom is 0.341 e. The molecule has 0 spiro atoms. The minimum Gasteiger partial charge on any atom is -1.00 e. The second-order valence-corrected chi connectivity index (χ2v) is 9.92. The molecule has 3 rings (SSSR count). The molecule has 0 aliphatic carbocycles. The summed E-state index contributed by atoms with van der Waals surface area (Å²) in [6.07, 6.45) is -1.20. The van der Waals surface area contributed by atoms with Gasteiger partial charge in [-0.2, -0.15) is 0 Å². The van der Waals surface area contributed by atoms with Crippen LogP contribution in [0.3, 0.4) is 0 Å². The van der Waals surface area contributed by atoms with Crippen LogP contribution in [-0.4, -0.2) is 90.0 Å². The molecule has 0 saturated carbocycles. The number of carboxylic acids is 1. The lowest BCUT2D eigenvalue weighted by atomic mass is 9.86. The van der Waals surface area contributed by atoms with E-state index in [1.54, 1.807) is 35.5 Å². The van der Waals surface area contributed by atoms with Crippen molar-refractivity contribution in [3.63, 3.8) is 0 Å². The average molecular weight is 600 g/mol. The topological polar surface area (TPSA) is 110 Å². The Hall–Kier alpha value is -3.44. The lowest BCUT2D eigenvalue weighted by Gasteiger charge is -2.46. The number of likely N-dealkylation sites (N-methyl/N-ethyl adjacent to an activating group) is 1. The molecule has 1 N–H and O–H groups in total. The molecule has 1 aliphatic heterocycles. The molecule has 2 unspecified atom stereocenters. The second kappa shape index (κ2) is 15.0. The SMILES string of the molecule is COc1cc2c(cc1OC)[C@@H](Cc1cc(OC)c(OC)c(OC)c1)[N+](C)(CCCOC(=O)C(F)CC(=O)O)CC2.[Cl-]. The summed E-state index contributed by atoms with van der Waals surface area (Å²) in [6.45, 7) is 1.42. The molecule has 1 heterocycles. The van der Waals surface area contributed by atoms with Crippen molar-refractivity contribution in [3.05, 3.63) is 41.0 Å². The number of rotatable bonds is 14. The van der Waals surface area contributed by atoms with Crippen molar-refractivity contribution in [1.29, 1.82) is 0 Å². The quantitative estimate of drug-likeness (QED) is 0.191. The number of nitrogens with zero attached hydrogens (tertiary/aromatic N) is 1. The van der Waals surface area contributed by atoms with E-state index in [0.717, 1.165) is 29.7 Å². The summed E-state index contributed by atoms with van der Waals surface area (Å²) >= 11 is 0. The van der Waals surface area contributed by atoms with Crippen LogP contribution in [0.5, 0.6) is 28.7 Å². The highest BCUT2D eigenvalue weighted by Gasteiger charge is 2.40. The number of quaternary nitrogens is 1. The molecule has 41 heavy (non-hydrogen) atoms. The molecule has 2 aromatic carbocycles. The molecule has 0 fully saturated rings. The summed E-state index contributed by atoms with van der Waals surface area (Å²) in [5.74, 6) is 0.379. The zero-order valence-electron chi connectivity index (χ0n) is 24.3. The van der Waals surface area contributed by atoms with Crippen LogP contribution >= 0.6 is 0 Å². The first-order valence-corrected chi connectivity index (χ1v) is 13.0. The summed E-state index contributed by atoms with van der Waals surface area (Å²) in [4.78, 5) is 22.5. The van der Waals surface area contributed by atoms with Gasteiger partial charge in [-0.25, -0.2) is 9.18 Å². The Morgan fingerprint density at radius 1 is 0.951 bits per heavy atom. The number of fused-ring (bicyclic) bond motifs is 1. The molecule has 228 valence electrons. The van der Waals surface area contributed by atoms with Crippen molar-refractivity contribution < 1.29 is 64.4 Å². The molecule has 1 aliphatic rings. The van der Waals surface area contributed by atoms with Crippen molar-refractivity contribution in [3.8, 4) is 28.7 Å². The predicted octanol–water partition coefficient (Wildman–Crippen LogP) is 0.766. The number of benzene rings is 2. The van der Waals surface area contributed by atoms with E-state index in [9.17, 15) is 14.0 Å². The van der Waals surface area contributed by atoms with Crippen molar-refractivity contribution >= 4 is 11.9 Å². The van der Waals surface area contributed by atoms with Crippen LogP contribution in [0.25, 0.3) is 0 Å². The zero-order valence-corrected chi connectivity index (χ0v) is 25.1. The number of esters is 1. The van der Waals surface area contributed by atoms with Gasteiger partial charge in [-0.1, -0.05) is 0 Å². The smallest absolute Gasteiger partial charge is 0.341 e. The van der Waals surface area contributed by atoms with E-state index in [1.165, 1.54) is 0 Å². The summed E-state index contributed by atoms with van der Waals surface area (Å²) in [5.41, 5.74) is 3.25. The van der Waals surface area contributed by atoms with E-state index in [1.807, 2.05) is 24.3 Å². The van der Waals surface area contributed by atoms with E-state index in [4.69, 9.17) is 33.5 Å². The van der Waals surface area contributed by atoms with Gasteiger partial charge in [-0.05, 0) is 35.4 Å². The Kier molecular flexibility index (Phi) is 12.3. The first kappa shape index (κ1) is 33.8. The highest BCUT2D eigenvalue weighted by atomic mass is 35.5. The molecule has 3 atom stereocenters. The maximum atomic E-state index is 13.8. The molecule has 0 aromatic heterocycles. The van der Waals surface area contributed by atoms with Crippen molar-refractivity contribution in [2.75, 3.05) is 62.3 Å². The van der Waals surface area contributed by atoms with Crippen LogP contribution in [0.15, 0.2) is 24.3 Å². The van der Waals surface area contributed by atoms with Gasteiger partial charge in [0.1, 0.15) is 6.04 Å². The standard InChI is InChI=1S/C29H38FNO9.ClH/c1-31(9-7-11-40-29(34)21(30)17-27(32)33)10-8-19-15-23(35-2)24(36-3)16-20(19)22(31)12-18-13-25(37-4)28(39-6)26(14-18)38-5;/h13-16,21-22H,7-12,17H2,1-6H3;1H/t21?,22-,31?;/m1./s1. The number of carboxylic acid groups (broad SMARTS) is 1. The minimum absolute atomic E-state index is 0. The number of aliphatic carboxylic acids is 1. The van der Waals surface area contributed by atoms with E-state index in [0.29, 0.717) is 52.6 Å². The number of carbonyl (C=O) groups excluding carboxylic acids is 1. The van der Waals surface area contributed by atoms with Gasteiger partial charge in [0.15, 0.2) is 23.0 Å². The number of carbonyl (C=O) groups is 2. The fourth-order valence-corrected chi connectivity index (χ4v) is 5.33. The lowest BCUT2D eigenvalue weighted by Crippen LogP contribution is -3.00. The third-order valence-electron chi connectivity index (χ3n) is 7.47. The normalized spacial score (nSPS) is 18.3. The summed E-state index contributed by atoms with van der Waals surface area (Å²) in [7, 11) is 10.1. The first-order valence-electron chi connectivity index (χ1n) is 13.0. The molecular formula is C29H39ClFNO9. The molecule has 10 nitrogen and oxygen atoms in total. The maximum absolute atomic E-state index is 13.8. The number of alkyl halides is 1. The molecule has 0 bridgehead atoms. The Balaban J connectivity index is 0.00000588. The highest BCUT2D eigenvalue weighted by molar-refractivity contribution is 5.80. The van der Waals surface area contributed by atoms with Crippen LogP contribution in [0.2, 0.25) is 0 Å². The molecule has 2 aromatic rings. The third kappa shape index (κ3) is 7.85. The monoisotopic (exact) mass is 599 g/mol. The number of ether oxygens (including phenoxy) is 6. The van der Waals surface area contributed by atoms with Crippen molar-refractivity contribution in [1.82, 2.24) is 0 Å². The first-order chi connectivity index (χ1) is 19.1. The van der Waals surface area contributed by atoms with E-state index in [2.05, 4.69) is 7.05 Å². The lowest BCUT2D eigenvalue weighted by molar-refractivity contribution is -0.941. The van der Waals surface area contributed by atoms with Gasteiger partial charge < -0.3 is 50.4 Å². The van der Waals surface area contributed by atoms with Crippen molar-refractivity contribution in [2.24, 2.45) is 0 Å². The number of methoxy groups -OCH3 is 5. The van der Waals surface area contributed by atoms with E-state index < -0.39 is 24.5 Å². The fraction of sp³-hybridized carbons (Fsp3) is 0.517. The van der Waals surface area contributed by atoms with E-state index >= 15 is 0 Å². The molecule has 0 saturated heterocycles. The average Bonchev–Trinajstić information content (AvgIpc) is 2.95. The van der Waals surface area contributed by atoms with Crippen LogP contribution in [0.4, 0.5) is 4.39 Å². The van der Waals surface area contributed by atoms with Gasteiger partial charge >= 0.3 is 11.9 Å². The second-order valence-electron chi connectivity index (χ2n) is 9.92.